The Hall–Kier alpha value is -2.51. The number of hydrogen-bond acceptors (Lipinski definition) is 6. The van der Waals surface area contributed by atoms with Crippen LogP contribution >= 0.6 is 23.4 Å². The molecule has 140 valence electrons. The molecule has 3 rings (SSSR count). The zero-order chi connectivity index (χ0) is 19.1. The number of hydrogen-bond donors (Lipinski definition) is 0. The molecule has 0 atom stereocenters. The summed E-state index contributed by atoms with van der Waals surface area (Å²) in [6.45, 7) is 0.594. The third-order valence-corrected chi connectivity index (χ3v) is 4.90. The van der Waals surface area contributed by atoms with E-state index in [1.807, 2.05) is 17.7 Å². The quantitative estimate of drug-likeness (QED) is 0.322. The van der Waals surface area contributed by atoms with E-state index in [2.05, 4.69) is 10.2 Å². The Labute approximate surface area is 166 Å². The zero-order valence-electron chi connectivity index (χ0n) is 14.7. The zero-order valence-corrected chi connectivity index (χ0v) is 16.2. The summed E-state index contributed by atoms with van der Waals surface area (Å²) in [5.74, 6) is 1.67. The Kier molecular flexibility index (Phi) is 6.73. The Morgan fingerprint density at radius 2 is 1.85 bits per heavy atom. The molecule has 0 saturated carbocycles. The predicted octanol–water partition coefficient (Wildman–Crippen LogP) is 4.00. The van der Waals surface area contributed by atoms with E-state index in [0.29, 0.717) is 41.1 Å². The van der Waals surface area contributed by atoms with E-state index < -0.39 is 0 Å². The maximum absolute atomic E-state index is 11.9. The molecule has 1 aromatic heterocycles. The number of thioether (sulfide) groups is 1. The number of halogens is 1. The van der Waals surface area contributed by atoms with Gasteiger partial charge in [0.25, 0.3) is 0 Å². The maximum Gasteiger partial charge on any atom is 0.338 e. The molecule has 0 radical (unpaired) electrons. The van der Waals surface area contributed by atoms with Crippen LogP contribution in [0.1, 0.15) is 16.2 Å². The molecule has 3 aromatic rings. The molecular weight excluding hydrogens is 386 g/mol. The molecule has 0 spiro atoms. The second kappa shape index (κ2) is 9.43. The van der Waals surface area contributed by atoms with Gasteiger partial charge in [0, 0.05) is 17.8 Å². The summed E-state index contributed by atoms with van der Waals surface area (Å²) < 4.78 is 12.8. The number of rotatable bonds is 8. The van der Waals surface area contributed by atoms with Crippen molar-refractivity contribution >= 4 is 29.3 Å². The molecule has 0 amide bonds. The molecule has 0 aliphatic rings. The predicted molar refractivity (Wildman–Crippen MR) is 104 cm³/mol. The summed E-state index contributed by atoms with van der Waals surface area (Å²) in [4.78, 5) is 11.9. The summed E-state index contributed by atoms with van der Waals surface area (Å²) in [6, 6.07) is 16.1. The highest BCUT2D eigenvalue weighted by atomic mass is 35.5. The van der Waals surface area contributed by atoms with Crippen molar-refractivity contribution in [1.82, 2.24) is 14.8 Å². The number of nitrogens with zero attached hydrogens (tertiary/aromatic N) is 3. The highest BCUT2D eigenvalue weighted by Gasteiger charge is 2.11. The van der Waals surface area contributed by atoms with Crippen molar-refractivity contribution in [2.24, 2.45) is 7.05 Å². The summed E-state index contributed by atoms with van der Waals surface area (Å²) in [7, 11) is 1.87. The average molecular weight is 404 g/mol. The van der Waals surface area contributed by atoms with Crippen molar-refractivity contribution in [3.63, 3.8) is 0 Å². The Balaban J connectivity index is 1.44. The largest absolute Gasteiger partial charge is 0.486 e. The summed E-state index contributed by atoms with van der Waals surface area (Å²) in [5, 5.41) is 9.69. The van der Waals surface area contributed by atoms with Gasteiger partial charge in [0.2, 0.25) is 0 Å². The van der Waals surface area contributed by atoms with Gasteiger partial charge in [0.05, 0.1) is 5.56 Å². The Morgan fingerprint density at radius 3 is 2.59 bits per heavy atom. The minimum Gasteiger partial charge on any atom is -0.486 e. The average Bonchev–Trinajstić information content (AvgIpc) is 3.05. The SMILES string of the molecule is Cn1c(COc2ccc(Cl)cc2)nnc1SCCOC(=O)c1ccccc1. The van der Waals surface area contributed by atoms with Crippen LogP contribution in [0, 0.1) is 0 Å². The first kappa shape index (κ1) is 19.3. The van der Waals surface area contributed by atoms with Crippen LogP contribution in [0.15, 0.2) is 59.8 Å². The van der Waals surface area contributed by atoms with Crippen molar-refractivity contribution in [1.29, 1.82) is 0 Å². The third kappa shape index (κ3) is 5.48. The minimum atomic E-state index is -0.328. The van der Waals surface area contributed by atoms with Crippen molar-refractivity contribution in [2.45, 2.75) is 11.8 Å². The first-order valence-corrected chi connectivity index (χ1v) is 9.61. The van der Waals surface area contributed by atoms with Crippen LogP contribution in [0.25, 0.3) is 0 Å². The summed E-state index contributed by atoms with van der Waals surface area (Å²) in [6.07, 6.45) is 0. The van der Waals surface area contributed by atoms with Crippen molar-refractivity contribution in [3.05, 3.63) is 71.0 Å². The van der Waals surface area contributed by atoms with E-state index in [9.17, 15) is 4.79 Å². The molecule has 8 heteroatoms. The first-order chi connectivity index (χ1) is 13.1. The Bertz CT molecular complexity index is 885. The number of aromatic nitrogens is 3. The molecule has 0 fully saturated rings. The van der Waals surface area contributed by atoms with E-state index in [0.717, 1.165) is 5.16 Å². The van der Waals surface area contributed by atoms with E-state index >= 15 is 0 Å². The van der Waals surface area contributed by atoms with E-state index in [4.69, 9.17) is 21.1 Å². The number of carbonyl (C=O) groups excluding carboxylic acids is 1. The van der Waals surface area contributed by atoms with Gasteiger partial charge in [0.15, 0.2) is 11.0 Å². The van der Waals surface area contributed by atoms with Gasteiger partial charge in [-0.1, -0.05) is 41.6 Å². The maximum atomic E-state index is 11.9. The lowest BCUT2D eigenvalue weighted by Crippen LogP contribution is -2.08. The van der Waals surface area contributed by atoms with Gasteiger partial charge in [-0.25, -0.2) is 4.79 Å². The van der Waals surface area contributed by atoms with Crippen LogP contribution in [-0.2, 0) is 18.4 Å². The fourth-order valence-corrected chi connectivity index (χ4v) is 3.07. The molecule has 0 unspecified atom stereocenters. The van der Waals surface area contributed by atoms with Gasteiger partial charge in [-0.15, -0.1) is 10.2 Å². The van der Waals surface area contributed by atoms with Crippen LogP contribution in [0.5, 0.6) is 5.75 Å². The van der Waals surface area contributed by atoms with Gasteiger partial charge in [-0.3, -0.25) is 0 Å². The minimum absolute atomic E-state index is 0.294. The van der Waals surface area contributed by atoms with Crippen LogP contribution in [-0.4, -0.2) is 33.1 Å². The molecule has 27 heavy (non-hydrogen) atoms. The molecule has 0 aliphatic heterocycles. The number of benzene rings is 2. The number of esters is 1. The lowest BCUT2D eigenvalue weighted by molar-refractivity contribution is 0.0530. The monoisotopic (exact) mass is 403 g/mol. The lowest BCUT2D eigenvalue weighted by atomic mass is 10.2. The standard InChI is InChI=1S/C19H18ClN3O3S/c1-23-17(13-26-16-9-7-15(20)8-10-16)21-22-19(23)27-12-11-25-18(24)14-5-3-2-4-6-14/h2-10H,11-13H2,1H3. The molecule has 0 bridgehead atoms. The highest BCUT2D eigenvalue weighted by Crippen LogP contribution is 2.19. The summed E-state index contributed by atoms with van der Waals surface area (Å²) >= 11 is 7.32. The first-order valence-electron chi connectivity index (χ1n) is 8.25. The van der Waals surface area contributed by atoms with Gasteiger partial charge < -0.3 is 14.0 Å². The lowest BCUT2D eigenvalue weighted by Gasteiger charge is -2.07. The van der Waals surface area contributed by atoms with E-state index in [1.165, 1.54) is 11.8 Å². The van der Waals surface area contributed by atoms with Crippen molar-refractivity contribution < 1.29 is 14.3 Å². The van der Waals surface area contributed by atoms with Gasteiger partial charge in [0.1, 0.15) is 19.0 Å². The van der Waals surface area contributed by atoms with Gasteiger partial charge in [-0.05, 0) is 36.4 Å². The highest BCUT2D eigenvalue weighted by molar-refractivity contribution is 7.99. The number of ether oxygens (including phenoxy) is 2. The second-order valence-electron chi connectivity index (χ2n) is 5.55. The molecule has 0 aliphatic carbocycles. The van der Waals surface area contributed by atoms with Crippen LogP contribution < -0.4 is 4.74 Å². The van der Waals surface area contributed by atoms with Crippen LogP contribution in [0.4, 0.5) is 0 Å². The molecular formula is C19H18ClN3O3S. The second-order valence-corrected chi connectivity index (χ2v) is 7.05. The molecule has 6 nitrogen and oxygen atoms in total. The number of carbonyl (C=O) groups is 1. The normalized spacial score (nSPS) is 10.6. The molecule has 1 heterocycles. The van der Waals surface area contributed by atoms with Crippen LogP contribution in [0.2, 0.25) is 5.02 Å². The van der Waals surface area contributed by atoms with Crippen molar-refractivity contribution in [3.8, 4) is 5.75 Å². The third-order valence-electron chi connectivity index (χ3n) is 3.66. The molecule has 0 N–H and O–H groups in total. The van der Waals surface area contributed by atoms with Crippen LogP contribution in [0.3, 0.4) is 0 Å². The van der Waals surface area contributed by atoms with Gasteiger partial charge in [-0.2, -0.15) is 0 Å². The van der Waals surface area contributed by atoms with Crippen molar-refractivity contribution in [2.75, 3.05) is 12.4 Å². The summed E-state index contributed by atoms with van der Waals surface area (Å²) in [5.41, 5.74) is 0.544. The smallest absolute Gasteiger partial charge is 0.338 e. The molecule has 0 saturated heterocycles. The van der Waals surface area contributed by atoms with Gasteiger partial charge >= 0.3 is 5.97 Å². The topological polar surface area (TPSA) is 66.2 Å². The van der Waals surface area contributed by atoms with E-state index in [1.54, 1.807) is 48.5 Å². The fraction of sp³-hybridized carbons (Fsp3) is 0.211. The molecule has 2 aromatic carbocycles. The van der Waals surface area contributed by atoms with E-state index in [-0.39, 0.29) is 5.97 Å². The fourth-order valence-electron chi connectivity index (χ4n) is 2.20. The Morgan fingerprint density at radius 1 is 1.11 bits per heavy atom.